The maximum atomic E-state index is 4.51. The van der Waals surface area contributed by atoms with Crippen LogP contribution in [0.1, 0.15) is 31.7 Å². The molecule has 0 saturated heterocycles. The Morgan fingerprint density at radius 1 is 1.22 bits per heavy atom. The lowest BCUT2D eigenvalue weighted by atomic mass is 10.1. The summed E-state index contributed by atoms with van der Waals surface area (Å²) in [5.74, 6) is 0.813. The number of aromatic nitrogens is 1. The van der Waals surface area contributed by atoms with E-state index in [0.717, 1.165) is 18.0 Å². The van der Waals surface area contributed by atoms with Gasteiger partial charge in [-0.3, -0.25) is 4.98 Å². The van der Waals surface area contributed by atoms with Crippen LogP contribution >= 0.6 is 0 Å². The van der Waals surface area contributed by atoms with Crippen LogP contribution in [-0.2, 0) is 6.54 Å². The summed E-state index contributed by atoms with van der Waals surface area (Å²) in [6, 6.07) is 11.2. The summed E-state index contributed by atoms with van der Waals surface area (Å²) in [6.45, 7) is 3.29. The molecule has 2 aromatic rings. The van der Waals surface area contributed by atoms with Gasteiger partial charge in [-0.1, -0.05) is 37.6 Å². The van der Waals surface area contributed by atoms with Crippen LogP contribution in [0.15, 0.2) is 36.5 Å². The number of hydrogen-bond donors (Lipinski definition) is 1. The van der Waals surface area contributed by atoms with Crippen LogP contribution in [0.3, 0.4) is 0 Å². The second kappa shape index (κ2) is 5.07. The molecule has 1 aromatic heterocycles. The highest BCUT2D eigenvalue weighted by Crippen LogP contribution is 2.25. The Morgan fingerprint density at radius 2 is 2.11 bits per heavy atom. The van der Waals surface area contributed by atoms with E-state index >= 15 is 0 Å². The molecule has 0 amide bonds. The Labute approximate surface area is 108 Å². The van der Waals surface area contributed by atoms with Crippen LogP contribution < -0.4 is 5.32 Å². The van der Waals surface area contributed by atoms with Gasteiger partial charge in [0.15, 0.2) is 0 Å². The van der Waals surface area contributed by atoms with Crippen molar-refractivity contribution in [1.82, 2.24) is 10.3 Å². The smallest absolute Gasteiger partial charge is 0.0746 e. The average molecular weight is 240 g/mol. The number of pyridine rings is 1. The molecule has 2 unspecified atom stereocenters. The molecular formula is C16H20N2. The minimum Gasteiger partial charge on any atom is -0.310 e. The minimum absolute atomic E-state index is 0.684. The lowest BCUT2D eigenvalue weighted by Gasteiger charge is -2.17. The van der Waals surface area contributed by atoms with E-state index in [1.807, 2.05) is 12.3 Å². The van der Waals surface area contributed by atoms with Crippen molar-refractivity contribution >= 4 is 10.9 Å². The Kier molecular flexibility index (Phi) is 3.28. The number of nitrogens with zero attached hydrogens (tertiary/aromatic N) is 1. The first-order chi connectivity index (χ1) is 8.84. The normalized spacial score (nSPS) is 23.6. The van der Waals surface area contributed by atoms with Gasteiger partial charge in [0.25, 0.3) is 0 Å². The molecule has 0 aliphatic heterocycles. The maximum absolute atomic E-state index is 4.51. The molecule has 1 heterocycles. The summed E-state index contributed by atoms with van der Waals surface area (Å²) in [4.78, 5) is 4.51. The van der Waals surface area contributed by atoms with Crippen molar-refractivity contribution in [3.8, 4) is 0 Å². The summed E-state index contributed by atoms with van der Waals surface area (Å²) in [6.07, 6.45) is 5.93. The minimum atomic E-state index is 0.684. The largest absolute Gasteiger partial charge is 0.310 e. The molecule has 2 atom stereocenters. The highest BCUT2D eigenvalue weighted by atomic mass is 14.9. The van der Waals surface area contributed by atoms with Crippen molar-refractivity contribution in [2.75, 3.05) is 0 Å². The van der Waals surface area contributed by atoms with Gasteiger partial charge in [-0.25, -0.2) is 0 Å². The molecule has 1 saturated carbocycles. The highest BCUT2D eigenvalue weighted by molar-refractivity contribution is 5.81. The van der Waals surface area contributed by atoms with Gasteiger partial charge in [0.05, 0.1) is 5.52 Å². The lowest BCUT2D eigenvalue weighted by molar-refractivity contribution is 0.426. The van der Waals surface area contributed by atoms with E-state index in [4.69, 9.17) is 0 Å². The van der Waals surface area contributed by atoms with Crippen molar-refractivity contribution in [1.29, 1.82) is 0 Å². The molecular weight excluding hydrogens is 220 g/mol. The standard InChI is InChI=1S/C16H20N2/c1-12-5-2-9-15(12)18-11-14-7-3-6-13-8-4-10-17-16(13)14/h3-4,6-8,10,12,15,18H,2,5,9,11H2,1H3. The predicted molar refractivity (Wildman–Crippen MR) is 75.4 cm³/mol. The lowest BCUT2D eigenvalue weighted by Crippen LogP contribution is -2.30. The van der Waals surface area contributed by atoms with E-state index in [9.17, 15) is 0 Å². The van der Waals surface area contributed by atoms with E-state index in [-0.39, 0.29) is 0 Å². The fourth-order valence-corrected chi connectivity index (χ4v) is 3.00. The number of para-hydroxylation sites is 1. The summed E-state index contributed by atoms with van der Waals surface area (Å²) in [5.41, 5.74) is 2.45. The van der Waals surface area contributed by atoms with Crippen LogP contribution in [0, 0.1) is 5.92 Å². The number of benzene rings is 1. The van der Waals surface area contributed by atoms with Gasteiger partial charge in [0.2, 0.25) is 0 Å². The SMILES string of the molecule is CC1CCCC1NCc1cccc2cccnc12. The summed E-state index contributed by atoms with van der Waals surface area (Å²) >= 11 is 0. The van der Waals surface area contributed by atoms with Gasteiger partial charge in [0, 0.05) is 24.2 Å². The Bertz CT molecular complexity index is 530. The average Bonchev–Trinajstić information content (AvgIpc) is 2.82. The van der Waals surface area contributed by atoms with Crippen LogP contribution in [0.4, 0.5) is 0 Å². The van der Waals surface area contributed by atoms with Crippen LogP contribution in [0.2, 0.25) is 0 Å². The molecule has 94 valence electrons. The summed E-state index contributed by atoms with van der Waals surface area (Å²) in [7, 11) is 0. The zero-order valence-electron chi connectivity index (χ0n) is 10.9. The van der Waals surface area contributed by atoms with E-state index in [2.05, 4.69) is 41.5 Å². The third-order valence-corrected chi connectivity index (χ3v) is 4.13. The van der Waals surface area contributed by atoms with E-state index < -0.39 is 0 Å². The molecule has 1 N–H and O–H groups in total. The summed E-state index contributed by atoms with van der Waals surface area (Å²) < 4.78 is 0. The molecule has 2 nitrogen and oxygen atoms in total. The molecule has 18 heavy (non-hydrogen) atoms. The van der Waals surface area contributed by atoms with Crippen molar-refractivity contribution in [2.45, 2.75) is 38.8 Å². The fraction of sp³-hybridized carbons (Fsp3) is 0.438. The molecule has 2 heteroatoms. The molecule has 0 bridgehead atoms. The first kappa shape index (κ1) is 11.7. The monoisotopic (exact) mass is 240 g/mol. The number of nitrogens with one attached hydrogen (secondary N) is 1. The van der Waals surface area contributed by atoms with E-state index in [0.29, 0.717) is 6.04 Å². The highest BCUT2D eigenvalue weighted by Gasteiger charge is 2.22. The Hall–Kier alpha value is -1.41. The molecule has 1 aromatic carbocycles. The molecule has 1 aliphatic rings. The van der Waals surface area contributed by atoms with Gasteiger partial charge in [0.1, 0.15) is 0 Å². The molecule has 0 radical (unpaired) electrons. The van der Waals surface area contributed by atoms with Crippen LogP contribution in [0.25, 0.3) is 10.9 Å². The van der Waals surface area contributed by atoms with Gasteiger partial charge < -0.3 is 5.32 Å². The van der Waals surface area contributed by atoms with Gasteiger partial charge in [-0.05, 0) is 30.4 Å². The second-order valence-corrected chi connectivity index (χ2v) is 5.39. The van der Waals surface area contributed by atoms with E-state index in [1.54, 1.807) is 0 Å². The first-order valence-electron chi connectivity index (χ1n) is 6.90. The van der Waals surface area contributed by atoms with Crippen molar-refractivity contribution in [3.05, 3.63) is 42.1 Å². The maximum Gasteiger partial charge on any atom is 0.0746 e. The third-order valence-electron chi connectivity index (χ3n) is 4.13. The van der Waals surface area contributed by atoms with E-state index in [1.165, 1.54) is 30.2 Å². The predicted octanol–water partition coefficient (Wildman–Crippen LogP) is 3.51. The first-order valence-corrected chi connectivity index (χ1v) is 6.90. The second-order valence-electron chi connectivity index (χ2n) is 5.39. The van der Waals surface area contributed by atoms with Crippen molar-refractivity contribution in [3.63, 3.8) is 0 Å². The van der Waals surface area contributed by atoms with Crippen molar-refractivity contribution < 1.29 is 0 Å². The Balaban J connectivity index is 1.78. The van der Waals surface area contributed by atoms with Gasteiger partial charge >= 0.3 is 0 Å². The molecule has 1 aliphatic carbocycles. The zero-order chi connectivity index (χ0) is 12.4. The quantitative estimate of drug-likeness (QED) is 0.888. The van der Waals surface area contributed by atoms with Crippen LogP contribution in [-0.4, -0.2) is 11.0 Å². The van der Waals surface area contributed by atoms with Gasteiger partial charge in [-0.15, -0.1) is 0 Å². The van der Waals surface area contributed by atoms with Gasteiger partial charge in [-0.2, -0.15) is 0 Å². The third kappa shape index (κ3) is 2.25. The molecule has 1 fully saturated rings. The number of hydrogen-bond acceptors (Lipinski definition) is 2. The number of rotatable bonds is 3. The Morgan fingerprint density at radius 3 is 2.94 bits per heavy atom. The zero-order valence-corrected chi connectivity index (χ0v) is 10.9. The topological polar surface area (TPSA) is 24.9 Å². The summed E-state index contributed by atoms with van der Waals surface area (Å²) in [5, 5.41) is 4.93. The molecule has 3 rings (SSSR count). The van der Waals surface area contributed by atoms with Crippen molar-refractivity contribution in [2.24, 2.45) is 5.92 Å². The fourth-order valence-electron chi connectivity index (χ4n) is 3.00. The van der Waals surface area contributed by atoms with Crippen LogP contribution in [0.5, 0.6) is 0 Å². The number of fused-ring (bicyclic) bond motifs is 1. The molecule has 0 spiro atoms.